The van der Waals surface area contributed by atoms with Gasteiger partial charge in [-0.15, -0.1) is 0 Å². The van der Waals surface area contributed by atoms with Crippen LogP contribution in [0.4, 0.5) is 0 Å². The maximum atomic E-state index is 14.8. The summed E-state index contributed by atoms with van der Waals surface area (Å²) in [6.45, 7) is 14.5. The zero-order valence-electron chi connectivity index (χ0n) is 52.9. The molecular weight excluding hydrogens is 1230 g/mol. The fourth-order valence-corrected chi connectivity index (χ4v) is 18.4. The van der Waals surface area contributed by atoms with E-state index in [0.717, 1.165) is 5.57 Å². The van der Waals surface area contributed by atoms with Gasteiger partial charge in [0.05, 0.1) is 56.1 Å². The largest absolute Gasteiger partial charge is 0.462 e. The monoisotopic (exact) mass is 1330 g/mol. The van der Waals surface area contributed by atoms with Crippen LogP contribution in [0.15, 0.2) is 11.6 Å². The van der Waals surface area contributed by atoms with Crippen LogP contribution in [-0.4, -0.2) is 274 Å². The molecule has 91 heavy (non-hydrogen) atoms. The first-order valence-corrected chi connectivity index (χ1v) is 33.1. The van der Waals surface area contributed by atoms with Gasteiger partial charge >= 0.3 is 22.3 Å². The first-order valence-electron chi connectivity index (χ1n) is 31.7. The molecule has 6 heterocycles. The van der Waals surface area contributed by atoms with Crippen molar-refractivity contribution < 1.29 is 144 Å². The molecule has 0 unspecified atom stereocenters. The summed E-state index contributed by atoms with van der Waals surface area (Å²) in [5.74, 6) is -1.34. The molecule has 1 spiro atoms. The number of hydrogen-bond donors (Lipinski definition) is 12. The van der Waals surface area contributed by atoms with Crippen molar-refractivity contribution in [3.05, 3.63) is 11.6 Å². The van der Waals surface area contributed by atoms with E-state index in [0.29, 0.717) is 44.9 Å². The van der Waals surface area contributed by atoms with Gasteiger partial charge in [0.15, 0.2) is 31.5 Å². The summed E-state index contributed by atoms with van der Waals surface area (Å²) >= 11 is 0. The third-order valence-electron chi connectivity index (χ3n) is 22.1. The van der Waals surface area contributed by atoms with E-state index >= 15 is 0 Å². The minimum atomic E-state index is -5.27. The number of hydrogen-bond acceptors (Lipinski definition) is 29. The van der Waals surface area contributed by atoms with Gasteiger partial charge in [0.2, 0.25) is 0 Å². The van der Waals surface area contributed by atoms with E-state index in [-0.39, 0.29) is 30.1 Å². The third kappa shape index (κ3) is 13.0. The van der Waals surface area contributed by atoms with Crippen LogP contribution in [-0.2, 0) is 85.8 Å². The van der Waals surface area contributed by atoms with Gasteiger partial charge in [-0.3, -0.25) is 14.1 Å². The van der Waals surface area contributed by atoms with E-state index in [2.05, 4.69) is 19.9 Å². The van der Waals surface area contributed by atoms with Gasteiger partial charge in [-0.05, 0) is 87.4 Å². The normalized spacial score (nSPS) is 50.2. The van der Waals surface area contributed by atoms with Gasteiger partial charge < -0.3 is 118 Å². The van der Waals surface area contributed by atoms with Crippen molar-refractivity contribution in [3.8, 4) is 0 Å². The number of aliphatic hydroxyl groups is 11. The second-order valence-electron chi connectivity index (χ2n) is 28.6. The molecule has 0 aromatic carbocycles. The zero-order valence-corrected chi connectivity index (χ0v) is 53.7. The van der Waals surface area contributed by atoms with Crippen molar-refractivity contribution in [1.82, 2.24) is 0 Å². The second-order valence-corrected chi connectivity index (χ2v) is 29.7. The fraction of sp³-hybridized carbons (Fsp3) is 0.933. The Labute approximate surface area is 528 Å². The Morgan fingerprint density at radius 3 is 1.97 bits per heavy atom. The van der Waals surface area contributed by atoms with Crippen LogP contribution < -0.4 is 0 Å². The Bertz CT molecular complexity index is 2710. The number of cyclic esters (lactones) is 1. The zero-order chi connectivity index (χ0) is 66.6. The lowest BCUT2D eigenvalue weighted by molar-refractivity contribution is -0.399. The second kappa shape index (κ2) is 26.8. The molecule has 9 fully saturated rings. The van der Waals surface area contributed by atoms with Gasteiger partial charge in [-0.2, -0.15) is 8.42 Å². The lowest BCUT2D eigenvalue weighted by atomic mass is 9.41. The van der Waals surface area contributed by atoms with E-state index in [9.17, 15) is 78.7 Å². The number of esters is 2. The maximum absolute atomic E-state index is 14.8. The summed E-state index contributed by atoms with van der Waals surface area (Å²) in [7, 11) is -4.08. The van der Waals surface area contributed by atoms with Crippen LogP contribution in [0, 0.1) is 45.3 Å². The average Bonchev–Trinajstić information content (AvgIpc) is 1.52. The molecule has 3 saturated carbocycles. The Kier molecular flexibility index (Phi) is 21.1. The predicted molar refractivity (Wildman–Crippen MR) is 304 cm³/mol. The Morgan fingerprint density at radius 2 is 1.32 bits per heavy atom. The van der Waals surface area contributed by atoms with Crippen LogP contribution in [0.25, 0.3) is 0 Å². The number of rotatable bonds is 19. The molecule has 10 aliphatic rings. The Morgan fingerprint density at radius 1 is 0.703 bits per heavy atom. The molecule has 4 aliphatic carbocycles. The highest BCUT2D eigenvalue weighted by Crippen LogP contribution is 2.77. The molecule has 6 saturated heterocycles. The molecule has 32 atom stereocenters. The topological polar surface area (TPSA) is 440 Å². The quantitative estimate of drug-likeness (QED) is 0.0383. The van der Waals surface area contributed by atoms with Gasteiger partial charge in [0.25, 0.3) is 0 Å². The number of fused-ring (bicyclic) bond motifs is 4. The Hall–Kier alpha value is -2.33. The predicted octanol–water partition coefficient (Wildman–Crippen LogP) is -1.87. The fourth-order valence-electron chi connectivity index (χ4n) is 17.9. The van der Waals surface area contributed by atoms with E-state index < -0.39 is 230 Å². The smallest absolute Gasteiger partial charge is 0.397 e. The van der Waals surface area contributed by atoms with Crippen molar-refractivity contribution in [2.75, 3.05) is 33.5 Å². The molecule has 6 aliphatic heterocycles. The van der Waals surface area contributed by atoms with Gasteiger partial charge in [-0.1, -0.05) is 53.2 Å². The molecular formula is C60H96O30S. The molecule has 0 aromatic rings. The summed E-state index contributed by atoms with van der Waals surface area (Å²) < 4.78 is 118. The number of carbonyl (C=O) groups excluding carboxylic acids is 2. The standard InChI is InChI=1S/C60H96O30S/c1-24(2)17-27(63)18-59(9)49-32(82-26(4)62)19-58(8)29-11-12-35-56(5,6)36(14-15-57(35,7)28(29)13-16-60(49,58)55(73)89-59)84-53-47(39(68)34(23-80-53)90-91(74,75)76)88-54-48(87-50-40(69)37(66)30(64)21-78-50)41(70)44(25(3)81-54)85-51-42(71)45(31(65)22-79-51)86-52-43(72)46(77-10)38(67)33(20-61)83-52/h11,24-25,27-28,30-54,61,63-72H,12-23H2,1-10H3,(H,74,75,76)/t25-,27+,28-,30+,31-,32+,33-,34-,35+,36+,37+,38-,39+,40+,41+,42-,43-,44-,45+,46+,47-,48-,49-,50-,51+,52+,53+,54+,57-,58+,59+,60-/m1/s1. The number of allylic oxidation sites excluding steroid dienone is 2. The van der Waals surface area contributed by atoms with Crippen LogP contribution in [0.3, 0.4) is 0 Å². The summed E-state index contributed by atoms with van der Waals surface area (Å²) in [5, 5.41) is 122. The van der Waals surface area contributed by atoms with Gasteiger partial charge in [-0.25, -0.2) is 4.18 Å². The van der Waals surface area contributed by atoms with E-state index in [1.807, 2.05) is 34.6 Å². The highest BCUT2D eigenvalue weighted by molar-refractivity contribution is 7.80. The van der Waals surface area contributed by atoms with E-state index in [4.69, 9.17) is 65.8 Å². The summed E-state index contributed by atoms with van der Waals surface area (Å²) in [5.41, 5.74) is -3.00. The van der Waals surface area contributed by atoms with Crippen molar-refractivity contribution in [3.63, 3.8) is 0 Å². The van der Waals surface area contributed by atoms with Crippen LogP contribution in [0.1, 0.15) is 114 Å². The van der Waals surface area contributed by atoms with Crippen LogP contribution in [0.2, 0.25) is 0 Å². The number of ether oxygens (including phenoxy) is 13. The van der Waals surface area contributed by atoms with Crippen LogP contribution in [0.5, 0.6) is 0 Å². The van der Waals surface area contributed by atoms with E-state index in [1.165, 1.54) is 21.0 Å². The number of aliphatic hydroxyl groups excluding tert-OH is 11. The summed E-state index contributed by atoms with van der Waals surface area (Å²) in [4.78, 5) is 27.7. The molecule has 10 rings (SSSR count). The Balaban J connectivity index is 0.906. The van der Waals surface area contributed by atoms with Crippen molar-refractivity contribution in [2.24, 2.45) is 45.3 Å². The number of methoxy groups -OCH3 is 1. The summed E-state index contributed by atoms with van der Waals surface area (Å²) in [6, 6.07) is 0. The SMILES string of the molecule is CO[C@@H]1[C@@H](O)[C@H](O[C@@H]2[C@@H](O)[C@H](O[C@H]3[C@H](O)[C@@H](O[C@H]4OC[C@H](O)[C@H](O)[C@@H]4O)[C@H](O[C@H]4[C@H](O[C@H]5CC[C@]6(C)[C@@H]7CC[C@]89C(=O)O[C@@](C)(C[C@@H](O)CC(C)C)[C@H]8[C@@H](OC(C)=O)C[C@@]9(C)C7=CC[C@H]6C5(C)C)OC[C@@H](OS(=O)(=O)O)[C@@H]4O)O[C@@H]3C)OC[C@H]2O)O[C@H](CO)[C@H]1O. The average molecular weight is 1330 g/mol. The molecule has 0 bridgehead atoms. The minimum Gasteiger partial charge on any atom is -0.462 e. The maximum Gasteiger partial charge on any atom is 0.397 e. The van der Waals surface area contributed by atoms with Crippen molar-refractivity contribution >= 4 is 22.3 Å². The van der Waals surface area contributed by atoms with Gasteiger partial charge in [0, 0.05) is 25.9 Å². The third-order valence-corrected chi connectivity index (χ3v) is 22.6. The first-order chi connectivity index (χ1) is 42.5. The minimum absolute atomic E-state index is 0.0511. The highest BCUT2D eigenvalue weighted by atomic mass is 32.3. The summed E-state index contributed by atoms with van der Waals surface area (Å²) in [6.07, 6.45) is -34.2. The molecule has 522 valence electrons. The van der Waals surface area contributed by atoms with Crippen molar-refractivity contribution in [1.29, 1.82) is 0 Å². The molecule has 0 radical (unpaired) electrons. The molecule has 31 heteroatoms. The number of carbonyl (C=O) groups is 2. The van der Waals surface area contributed by atoms with Crippen molar-refractivity contribution in [2.45, 2.75) is 273 Å². The lowest BCUT2D eigenvalue weighted by Gasteiger charge is -2.64. The van der Waals surface area contributed by atoms with Gasteiger partial charge in [0.1, 0.15) is 109 Å². The molecule has 12 N–H and O–H groups in total. The highest BCUT2D eigenvalue weighted by Gasteiger charge is 2.80. The lowest BCUT2D eigenvalue weighted by Crippen LogP contribution is -2.67. The first kappa shape index (κ1) is 71.4. The van der Waals surface area contributed by atoms with E-state index in [1.54, 1.807) is 0 Å². The molecule has 0 amide bonds. The molecule has 30 nitrogen and oxygen atoms in total. The van der Waals surface area contributed by atoms with Crippen LogP contribution >= 0.6 is 0 Å². The molecule has 0 aromatic heterocycles.